The van der Waals surface area contributed by atoms with Crippen LogP contribution < -0.4 is 0 Å². The summed E-state index contributed by atoms with van der Waals surface area (Å²) in [6, 6.07) is 4.46. The number of benzene rings is 1. The number of aromatic nitrogens is 2. The van der Waals surface area contributed by atoms with Crippen LogP contribution in [0.3, 0.4) is 0 Å². The molecule has 0 fully saturated rings. The Balaban J connectivity index is 2.10. The number of H-pyrrole nitrogens is 1. The lowest BCUT2D eigenvalue weighted by atomic mass is 10.1. The SMILES string of the molecule is CC(C)=CCN1Cc2cc(Cl)cc3[nH]c(=S)n(c23)C[C@H]1C. The molecule has 0 amide bonds. The lowest BCUT2D eigenvalue weighted by molar-refractivity contribution is 0.210. The Morgan fingerprint density at radius 2 is 2.24 bits per heavy atom. The van der Waals surface area contributed by atoms with Gasteiger partial charge in [0.1, 0.15) is 0 Å². The Hall–Kier alpha value is -1.10. The molecule has 0 spiro atoms. The number of nitrogens with one attached hydrogen (secondary N) is 1. The minimum atomic E-state index is 0.428. The number of allylic oxidation sites excluding steroid dienone is 1. The third-order valence-electron chi connectivity index (χ3n) is 4.09. The van der Waals surface area contributed by atoms with Gasteiger partial charge in [0.25, 0.3) is 0 Å². The number of aromatic amines is 1. The van der Waals surface area contributed by atoms with Crippen molar-refractivity contribution in [3.05, 3.63) is 39.1 Å². The first-order chi connectivity index (χ1) is 9.95. The van der Waals surface area contributed by atoms with E-state index >= 15 is 0 Å². The van der Waals surface area contributed by atoms with Gasteiger partial charge in [-0.2, -0.15) is 0 Å². The van der Waals surface area contributed by atoms with Gasteiger partial charge in [0.05, 0.1) is 11.0 Å². The molecule has 21 heavy (non-hydrogen) atoms. The van der Waals surface area contributed by atoms with E-state index in [-0.39, 0.29) is 0 Å². The van der Waals surface area contributed by atoms with Gasteiger partial charge in [0, 0.05) is 30.7 Å². The average Bonchev–Trinajstić information content (AvgIpc) is 2.61. The summed E-state index contributed by atoms with van der Waals surface area (Å²) in [7, 11) is 0. The van der Waals surface area contributed by atoms with Crippen molar-refractivity contribution < 1.29 is 0 Å². The van der Waals surface area contributed by atoms with Crippen LogP contribution >= 0.6 is 23.8 Å². The van der Waals surface area contributed by atoms with Crippen LogP contribution in [0.5, 0.6) is 0 Å². The lowest BCUT2D eigenvalue weighted by Crippen LogP contribution is -2.34. The number of hydrogen-bond acceptors (Lipinski definition) is 2. The van der Waals surface area contributed by atoms with Crippen molar-refractivity contribution in [2.24, 2.45) is 0 Å². The third-order valence-corrected chi connectivity index (χ3v) is 4.63. The zero-order valence-electron chi connectivity index (χ0n) is 12.6. The number of halogens is 1. The van der Waals surface area contributed by atoms with Crippen molar-refractivity contribution in [2.75, 3.05) is 6.54 Å². The van der Waals surface area contributed by atoms with E-state index in [9.17, 15) is 0 Å². The Kier molecular flexibility index (Phi) is 3.95. The molecule has 5 heteroatoms. The molecular formula is C16H20ClN3S. The molecule has 1 aromatic heterocycles. The molecule has 112 valence electrons. The van der Waals surface area contributed by atoms with Crippen molar-refractivity contribution in [1.82, 2.24) is 14.5 Å². The fourth-order valence-electron chi connectivity index (χ4n) is 2.95. The molecule has 2 aromatic rings. The zero-order chi connectivity index (χ0) is 15.1. The van der Waals surface area contributed by atoms with Crippen LogP contribution in [0.1, 0.15) is 26.3 Å². The van der Waals surface area contributed by atoms with Gasteiger partial charge >= 0.3 is 0 Å². The van der Waals surface area contributed by atoms with E-state index in [2.05, 4.69) is 47.4 Å². The Labute approximate surface area is 135 Å². The Bertz CT molecular complexity index is 768. The maximum absolute atomic E-state index is 6.26. The van der Waals surface area contributed by atoms with Crippen LogP contribution in [-0.4, -0.2) is 27.0 Å². The molecule has 1 N–H and O–H groups in total. The van der Waals surface area contributed by atoms with Crippen molar-refractivity contribution in [3.63, 3.8) is 0 Å². The van der Waals surface area contributed by atoms with E-state index < -0.39 is 0 Å². The second-order valence-electron chi connectivity index (χ2n) is 6.06. The van der Waals surface area contributed by atoms with Crippen molar-refractivity contribution >= 4 is 34.9 Å². The second kappa shape index (κ2) is 5.59. The van der Waals surface area contributed by atoms with Gasteiger partial charge < -0.3 is 9.55 Å². The summed E-state index contributed by atoms with van der Waals surface area (Å²) in [6.07, 6.45) is 2.28. The maximum Gasteiger partial charge on any atom is 0.178 e. The normalized spacial score (nSPS) is 18.8. The van der Waals surface area contributed by atoms with Crippen molar-refractivity contribution in [3.8, 4) is 0 Å². The molecule has 1 aromatic carbocycles. The molecule has 1 aliphatic rings. The summed E-state index contributed by atoms with van der Waals surface area (Å²) in [4.78, 5) is 5.75. The van der Waals surface area contributed by atoms with Gasteiger partial charge in [0.2, 0.25) is 0 Å². The molecule has 3 nitrogen and oxygen atoms in total. The predicted molar refractivity (Wildman–Crippen MR) is 91.4 cm³/mol. The van der Waals surface area contributed by atoms with Gasteiger partial charge in [-0.05, 0) is 50.7 Å². The van der Waals surface area contributed by atoms with Gasteiger partial charge in [0.15, 0.2) is 4.77 Å². The first-order valence-corrected chi connectivity index (χ1v) is 8.02. The summed E-state index contributed by atoms with van der Waals surface area (Å²) in [5.74, 6) is 0. The van der Waals surface area contributed by atoms with E-state index in [1.807, 2.05) is 6.07 Å². The van der Waals surface area contributed by atoms with E-state index in [1.54, 1.807) is 0 Å². The highest BCUT2D eigenvalue weighted by Crippen LogP contribution is 2.29. The molecule has 0 radical (unpaired) electrons. The van der Waals surface area contributed by atoms with E-state index in [4.69, 9.17) is 23.8 Å². The number of nitrogens with zero attached hydrogens (tertiary/aromatic N) is 2. The van der Waals surface area contributed by atoms with Crippen molar-refractivity contribution in [2.45, 2.75) is 39.9 Å². The van der Waals surface area contributed by atoms with E-state index in [0.717, 1.165) is 34.9 Å². The van der Waals surface area contributed by atoms with E-state index in [1.165, 1.54) is 16.7 Å². The molecule has 3 rings (SSSR count). The maximum atomic E-state index is 6.26. The summed E-state index contributed by atoms with van der Waals surface area (Å²) in [5, 5.41) is 0.762. The standard InChI is InChI=1S/C16H20ClN3S/c1-10(2)4-5-19-9-12-6-13(17)7-14-15(12)20(8-11(19)3)16(21)18-14/h4,6-7,11H,5,8-9H2,1-3H3,(H,18,21)/t11-/m1/s1. The van der Waals surface area contributed by atoms with Gasteiger partial charge in [-0.3, -0.25) is 4.90 Å². The molecule has 0 saturated carbocycles. The average molecular weight is 322 g/mol. The topological polar surface area (TPSA) is 24.0 Å². The highest BCUT2D eigenvalue weighted by atomic mass is 35.5. The zero-order valence-corrected chi connectivity index (χ0v) is 14.2. The van der Waals surface area contributed by atoms with Crippen LogP contribution in [0.4, 0.5) is 0 Å². The summed E-state index contributed by atoms with van der Waals surface area (Å²) < 4.78 is 2.99. The minimum Gasteiger partial charge on any atom is -0.331 e. The molecule has 0 saturated heterocycles. The summed E-state index contributed by atoms with van der Waals surface area (Å²) in [6.45, 7) is 9.30. The molecule has 0 bridgehead atoms. The fourth-order valence-corrected chi connectivity index (χ4v) is 3.46. The van der Waals surface area contributed by atoms with Crippen LogP contribution in [0.2, 0.25) is 5.02 Å². The monoisotopic (exact) mass is 321 g/mol. The number of hydrogen-bond donors (Lipinski definition) is 1. The highest BCUT2D eigenvalue weighted by Gasteiger charge is 2.22. The first kappa shape index (κ1) is 14.8. The smallest absolute Gasteiger partial charge is 0.178 e. The van der Waals surface area contributed by atoms with Crippen LogP contribution in [0, 0.1) is 4.77 Å². The molecule has 0 aliphatic carbocycles. The quantitative estimate of drug-likeness (QED) is 0.649. The van der Waals surface area contributed by atoms with E-state index in [0.29, 0.717) is 6.04 Å². The van der Waals surface area contributed by atoms with Crippen molar-refractivity contribution in [1.29, 1.82) is 0 Å². The third kappa shape index (κ3) is 2.80. The highest BCUT2D eigenvalue weighted by molar-refractivity contribution is 7.71. The largest absolute Gasteiger partial charge is 0.331 e. The lowest BCUT2D eigenvalue weighted by Gasteiger charge is -2.26. The molecule has 0 unspecified atom stereocenters. The first-order valence-electron chi connectivity index (χ1n) is 7.24. The minimum absolute atomic E-state index is 0.428. The Morgan fingerprint density at radius 3 is 2.95 bits per heavy atom. The molecular weight excluding hydrogens is 302 g/mol. The fraction of sp³-hybridized carbons (Fsp3) is 0.438. The molecule has 1 atom stereocenters. The molecule has 1 aliphatic heterocycles. The van der Waals surface area contributed by atoms with Gasteiger partial charge in [-0.1, -0.05) is 23.3 Å². The van der Waals surface area contributed by atoms with Gasteiger partial charge in [-0.15, -0.1) is 0 Å². The van der Waals surface area contributed by atoms with Crippen LogP contribution in [-0.2, 0) is 13.1 Å². The predicted octanol–water partition coefficient (Wildman–Crippen LogP) is 4.52. The second-order valence-corrected chi connectivity index (χ2v) is 6.88. The van der Waals surface area contributed by atoms with Crippen LogP contribution in [0.15, 0.2) is 23.8 Å². The summed E-state index contributed by atoms with van der Waals surface area (Å²) in [5.41, 5.74) is 4.84. The molecule has 2 heterocycles. The number of rotatable bonds is 2. The Morgan fingerprint density at radius 1 is 1.48 bits per heavy atom. The summed E-state index contributed by atoms with van der Waals surface area (Å²) >= 11 is 11.7. The van der Waals surface area contributed by atoms with Gasteiger partial charge in [-0.25, -0.2) is 0 Å². The number of imidazole rings is 1. The van der Waals surface area contributed by atoms with Crippen LogP contribution in [0.25, 0.3) is 11.0 Å².